The first kappa shape index (κ1) is 32.6. The molecule has 7 heteroatoms. The third-order valence-electron chi connectivity index (χ3n) is 9.23. The maximum Gasteiger partial charge on any atom is 0.261 e. The zero-order valence-electron chi connectivity index (χ0n) is 27.9. The third kappa shape index (κ3) is 7.56. The molecule has 0 bridgehead atoms. The Labute approximate surface area is 262 Å². The molecule has 0 aromatic heterocycles. The van der Waals surface area contributed by atoms with Crippen LogP contribution in [0.25, 0.3) is 0 Å². The van der Waals surface area contributed by atoms with E-state index in [2.05, 4.69) is 128 Å². The van der Waals surface area contributed by atoms with Crippen LogP contribution < -0.4 is 10.4 Å². The summed E-state index contributed by atoms with van der Waals surface area (Å²) in [5.41, 5.74) is 0. The summed E-state index contributed by atoms with van der Waals surface area (Å²) in [7, 11) is -4.25. The largest absolute Gasteiger partial charge is 0.546 e. The predicted molar refractivity (Wildman–Crippen MR) is 180 cm³/mol. The maximum absolute atomic E-state index is 7.20. The normalized spacial score (nSPS) is 29.0. The molecule has 2 aromatic rings. The molecule has 2 aromatic carbocycles. The summed E-state index contributed by atoms with van der Waals surface area (Å²) in [6.45, 7) is 20.8. The summed E-state index contributed by atoms with van der Waals surface area (Å²) >= 11 is 0. The Morgan fingerprint density at radius 3 is 1.93 bits per heavy atom. The highest BCUT2D eigenvalue weighted by atomic mass is 28.4. The van der Waals surface area contributed by atoms with Gasteiger partial charge in [0, 0.05) is 13.0 Å². The Balaban J connectivity index is 1.26. The Morgan fingerprint density at radius 1 is 0.837 bits per heavy atom. The van der Waals surface area contributed by atoms with E-state index in [1.165, 1.54) is 10.4 Å². The van der Waals surface area contributed by atoms with Gasteiger partial charge < -0.3 is 23.1 Å². The fraction of sp³-hybridized carbons (Fsp3) is 0.611. The van der Waals surface area contributed by atoms with E-state index < -0.39 is 22.4 Å². The summed E-state index contributed by atoms with van der Waals surface area (Å²) in [6, 6.07) is 21.8. The Kier molecular flexibility index (Phi) is 9.54. The number of fused-ring (bicyclic) bond motifs is 1. The first-order valence-electron chi connectivity index (χ1n) is 16.4. The minimum atomic E-state index is -2.57. The lowest BCUT2D eigenvalue weighted by atomic mass is 9.81. The van der Waals surface area contributed by atoms with Gasteiger partial charge in [-0.15, -0.1) is 0 Å². The van der Waals surface area contributed by atoms with Crippen LogP contribution in [-0.4, -0.2) is 53.4 Å². The molecular formula is C36H54O5Si2. The van der Waals surface area contributed by atoms with E-state index in [9.17, 15) is 0 Å². The molecule has 2 aliphatic heterocycles. The molecule has 6 atom stereocenters. The maximum atomic E-state index is 7.20. The van der Waals surface area contributed by atoms with Gasteiger partial charge in [0.05, 0.1) is 18.3 Å². The zero-order chi connectivity index (χ0) is 31.0. The second kappa shape index (κ2) is 12.6. The molecule has 0 saturated carbocycles. The van der Waals surface area contributed by atoms with Crippen molar-refractivity contribution in [3.05, 3.63) is 72.5 Å². The SMILES string of the molecule is C[C@H]1[C@@H]2O[C@@H]2C(O[Si](C)(C)C)=C[C@H]1CC[C@@H]1C[C@H](CCO[Si](c2ccccc2)(c2ccccc2)C(C)(C)C)OC(C)(C)O1. The van der Waals surface area contributed by atoms with Crippen LogP contribution in [0.5, 0.6) is 0 Å². The number of hydrogen-bond donors (Lipinski definition) is 0. The van der Waals surface area contributed by atoms with Gasteiger partial charge in [-0.1, -0.05) is 88.4 Å². The summed E-state index contributed by atoms with van der Waals surface area (Å²) < 4.78 is 32.6. The monoisotopic (exact) mass is 622 g/mol. The highest BCUT2D eigenvalue weighted by Gasteiger charge is 2.53. The molecule has 0 N–H and O–H groups in total. The van der Waals surface area contributed by atoms with Crippen molar-refractivity contribution < 1.29 is 23.1 Å². The number of ether oxygens (including phenoxy) is 3. The molecule has 236 valence electrons. The number of epoxide rings is 1. The molecule has 0 spiro atoms. The Bertz CT molecular complexity index is 1190. The van der Waals surface area contributed by atoms with Gasteiger partial charge >= 0.3 is 0 Å². The summed E-state index contributed by atoms with van der Waals surface area (Å²) in [5.74, 6) is 1.42. The lowest BCUT2D eigenvalue weighted by Crippen LogP contribution is -2.66. The molecule has 0 amide bonds. The summed E-state index contributed by atoms with van der Waals surface area (Å²) in [5, 5.41) is 2.59. The van der Waals surface area contributed by atoms with Crippen LogP contribution in [0.3, 0.4) is 0 Å². The van der Waals surface area contributed by atoms with Crippen molar-refractivity contribution >= 4 is 27.0 Å². The lowest BCUT2D eigenvalue weighted by Gasteiger charge is -2.44. The first-order valence-corrected chi connectivity index (χ1v) is 21.7. The van der Waals surface area contributed by atoms with E-state index >= 15 is 0 Å². The van der Waals surface area contributed by atoms with Crippen LogP contribution in [0, 0.1) is 11.8 Å². The molecule has 5 rings (SSSR count). The van der Waals surface area contributed by atoms with E-state index in [1.54, 1.807) is 0 Å². The van der Waals surface area contributed by atoms with Gasteiger partial charge in [-0.3, -0.25) is 0 Å². The van der Waals surface area contributed by atoms with Crippen LogP contribution in [0.2, 0.25) is 24.7 Å². The molecule has 2 saturated heterocycles. The van der Waals surface area contributed by atoms with Crippen LogP contribution in [0.4, 0.5) is 0 Å². The van der Waals surface area contributed by atoms with Gasteiger partial charge in [-0.05, 0) is 86.1 Å². The molecule has 5 nitrogen and oxygen atoms in total. The van der Waals surface area contributed by atoms with Gasteiger partial charge in [0.15, 0.2) is 5.79 Å². The molecule has 1 aliphatic carbocycles. The smallest absolute Gasteiger partial charge is 0.261 e. The van der Waals surface area contributed by atoms with E-state index in [1.807, 2.05) is 0 Å². The number of allylic oxidation sites excluding steroid dienone is 1. The van der Waals surface area contributed by atoms with E-state index in [4.69, 9.17) is 23.1 Å². The first-order chi connectivity index (χ1) is 20.2. The summed E-state index contributed by atoms with van der Waals surface area (Å²) in [6.07, 6.45) is 6.90. The fourth-order valence-corrected chi connectivity index (χ4v) is 12.8. The van der Waals surface area contributed by atoms with Crippen molar-refractivity contribution in [2.75, 3.05) is 6.61 Å². The summed E-state index contributed by atoms with van der Waals surface area (Å²) in [4.78, 5) is 0. The van der Waals surface area contributed by atoms with Crippen molar-refractivity contribution in [1.29, 1.82) is 0 Å². The Morgan fingerprint density at radius 2 is 1.40 bits per heavy atom. The van der Waals surface area contributed by atoms with E-state index in [0.29, 0.717) is 24.5 Å². The van der Waals surface area contributed by atoms with Crippen molar-refractivity contribution in [2.45, 2.75) is 122 Å². The fourth-order valence-electron chi connectivity index (χ4n) is 7.30. The van der Waals surface area contributed by atoms with Crippen molar-refractivity contribution in [3.63, 3.8) is 0 Å². The topological polar surface area (TPSA) is 49.5 Å². The van der Waals surface area contributed by atoms with E-state index in [-0.39, 0.29) is 23.4 Å². The van der Waals surface area contributed by atoms with E-state index in [0.717, 1.165) is 31.4 Å². The molecule has 2 fully saturated rings. The molecular weight excluding hydrogens is 569 g/mol. The van der Waals surface area contributed by atoms with Crippen LogP contribution >= 0.6 is 0 Å². The lowest BCUT2D eigenvalue weighted by molar-refractivity contribution is -0.302. The quantitative estimate of drug-likeness (QED) is 0.193. The number of rotatable bonds is 11. The number of benzene rings is 2. The van der Waals surface area contributed by atoms with Crippen LogP contribution in [0.15, 0.2) is 72.5 Å². The minimum Gasteiger partial charge on any atom is -0.546 e. The van der Waals surface area contributed by atoms with Gasteiger partial charge in [0.2, 0.25) is 8.32 Å². The van der Waals surface area contributed by atoms with Gasteiger partial charge in [0.25, 0.3) is 8.32 Å². The van der Waals surface area contributed by atoms with Gasteiger partial charge in [0.1, 0.15) is 11.9 Å². The zero-order valence-corrected chi connectivity index (χ0v) is 29.9. The van der Waals surface area contributed by atoms with Crippen molar-refractivity contribution in [1.82, 2.24) is 0 Å². The molecule has 43 heavy (non-hydrogen) atoms. The molecule has 0 unspecified atom stereocenters. The highest BCUT2D eigenvalue weighted by molar-refractivity contribution is 6.99. The van der Waals surface area contributed by atoms with Crippen molar-refractivity contribution in [2.24, 2.45) is 11.8 Å². The predicted octanol–water partition coefficient (Wildman–Crippen LogP) is 7.41. The van der Waals surface area contributed by atoms with Gasteiger partial charge in [-0.25, -0.2) is 0 Å². The minimum absolute atomic E-state index is 0.0411. The standard InChI is InChI=1S/C36H54O5Si2/c1-26-27(24-32(34-33(26)38-34)41-42(7,8)9)20-21-28-25-29(40-36(5,6)39-28)22-23-37-43(35(2,3)4,30-16-12-10-13-17-30)31-18-14-11-15-19-31/h10-19,24,26-29,33-34H,20-23,25H2,1-9H3/t26-,27-,28-,29+,33+,34-/m1/s1. The third-order valence-corrected chi connectivity index (χ3v) is 15.1. The molecule has 2 heterocycles. The molecule has 3 aliphatic rings. The average Bonchev–Trinajstić information content (AvgIpc) is 3.73. The Hall–Kier alpha value is -1.75. The second-order valence-corrected chi connectivity index (χ2v) is 24.1. The van der Waals surface area contributed by atoms with Crippen LogP contribution in [-0.2, 0) is 23.1 Å². The highest BCUT2D eigenvalue weighted by Crippen LogP contribution is 2.46. The average molecular weight is 623 g/mol. The molecule has 0 radical (unpaired) electrons. The van der Waals surface area contributed by atoms with Gasteiger partial charge in [-0.2, -0.15) is 0 Å². The van der Waals surface area contributed by atoms with Crippen molar-refractivity contribution in [3.8, 4) is 0 Å². The van der Waals surface area contributed by atoms with Crippen LogP contribution in [0.1, 0.15) is 67.2 Å². The number of hydrogen-bond acceptors (Lipinski definition) is 5. The second-order valence-electron chi connectivity index (χ2n) is 15.3.